The van der Waals surface area contributed by atoms with Crippen molar-refractivity contribution in [2.45, 2.75) is 19.8 Å². The molecule has 0 saturated carbocycles. The fourth-order valence-corrected chi connectivity index (χ4v) is 3.45. The summed E-state index contributed by atoms with van der Waals surface area (Å²) in [5.41, 5.74) is 3.67. The third-order valence-electron chi connectivity index (χ3n) is 4.98. The Hall–Kier alpha value is -2.33. The highest BCUT2D eigenvalue weighted by Gasteiger charge is 2.40. The lowest BCUT2D eigenvalue weighted by Gasteiger charge is -2.17. The van der Waals surface area contributed by atoms with E-state index < -0.39 is 11.9 Å². The van der Waals surface area contributed by atoms with Crippen LogP contribution in [0.5, 0.6) is 0 Å². The van der Waals surface area contributed by atoms with Crippen LogP contribution in [0.4, 0.5) is 0 Å². The van der Waals surface area contributed by atoms with Gasteiger partial charge >= 0.3 is 5.97 Å². The van der Waals surface area contributed by atoms with Crippen molar-refractivity contribution in [3.8, 4) is 0 Å². The van der Waals surface area contributed by atoms with E-state index in [1.54, 1.807) is 23.1 Å². The molecule has 0 unspecified atom stereocenters. The quantitative estimate of drug-likeness (QED) is 0.906. The Morgan fingerprint density at radius 3 is 2.32 bits per heavy atom. The van der Waals surface area contributed by atoms with E-state index in [-0.39, 0.29) is 18.4 Å². The van der Waals surface area contributed by atoms with Gasteiger partial charge in [0, 0.05) is 29.6 Å². The molecule has 1 heterocycles. The van der Waals surface area contributed by atoms with Gasteiger partial charge in [0.1, 0.15) is 0 Å². The van der Waals surface area contributed by atoms with Crippen LogP contribution in [0.25, 0.3) is 0 Å². The highest BCUT2D eigenvalue weighted by molar-refractivity contribution is 6.30. The van der Waals surface area contributed by atoms with Gasteiger partial charge in [0.2, 0.25) is 0 Å². The maximum atomic E-state index is 12.8. The molecule has 2 atom stereocenters. The second-order valence-corrected chi connectivity index (χ2v) is 7.05. The molecule has 3 rings (SSSR count). The smallest absolute Gasteiger partial charge is 0.308 e. The molecule has 25 heavy (non-hydrogen) atoms. The number of carboxylic acids is 1. The maximum Gasteiger partial charge on any atom is 0.308 e. The Morgan fingerprint density at radius 2 is 1.72 bits per heavy atom. The lowest BCUT2D eigenvalue weighted by Crippen LogP contribution is -2.30. The minimum Gasteiger partial charge on any atom is -0.481 e. The number of likely N-dealkylation sites (tertiary alicyclic amines) is 1. The van der Waals surface area contributed by atoms with Gasteiger partial charge in [-0.2, -0.15) is 0 Å². The molecule has 0 radical (unpaired) electrons. The summed E-state index contributed by atoms with van der Waals surface area (Å²) in [5, 5.41) is 10.2. The van der Waals surface area contributed by atoms with E-state index in [1.165, 1.54) is 0 Å². The second-order valence-electron chi connectivity index (χ2n) is 6.61. The molecule has 130 valence electrons. The van der Waals surface area contributed by atoms with Crippen LogP contribution in [0.15, 0.2) is 42.5 Å². The zero-order valence-electron chi connectivity index (χ0n) is 14.2. The Morgan fingerprint density at radius 1 is 1.04 bits per heavy atom. The number of aliphatic carboxylic acids is 1. The van der Waals surface area contributed by atoms with Crippen molar-refractivity contribution in [2.24, 2.45) is 5.92 Å². The minimum atomic E-state index is -0.879. The fraction of sp³-hybridized carbons (Fsp3) is 0.300. The highest BCUT2D eigenvalue weighted by atomic mass is 35.5. The van der Waals surface area contributed by atoms with Gasteiger partial charge in [0.15, 0.2) is 0 Å². The Kier molecular flexibility index (Phi) is 4.82. The standard InChI is InChI=1S/C20H20ClNO3/c1-12-3-4-15(9-13(12)2)19(23)22-10-17(18(11-22)20(24)25)14-5-7-16(21)8-6-14/h3-9,17-18H,10-11H2,1-2H3,(H,24,25)/t17-,18+/m0/s1. The van der Waals surface area contributed by atoms with Crippen molar-refractivity contribution in [3.63, 3.8) is 0 Å². The Bertz CT molecular complexity index is 816. The molecule has 1 fully saturated rings. The van der Waals surface area contributed by atoms with Crippen molar-refractivity contribution in [3.05, 3.63) is 69.7 Å². The number of carbonyl (C=O) groups is 2. The van der Waals surface area contributed by atoms with E-state index >= 15 is 0 Å². The molecule has 0 bridgehead atoms. The van der Waals surface area contributed by atoms with Crippen LogP contribution in [0, 0.1) is 19.8 Å². The number of amides is 1. The average molecular weight is 358 g/mol. The monoisotopic (exact) mass is 357 g/mol. The molecule has 1 aliphatic rings. The lowest BCUT2D eigenvalue weighted by atomic mass is 9.89. The number of carbonyl (C=O) groups excluding carboxylic acids is 1. The van der Waals surface area contributed by atoms with Gasteiger partial charge in [-0.15, -0.1) is 0 Å². The van der Waals surface area contributed by atoms with Crippen LogP contribution in [-0.4, -0.2) is 35.0 Å². The number of nitrogens with zero attached hydrogens (tertiary/aromatic N) is 1. The first kappa shape index (κ1) is 17.5. The van der Waals surface area contributed by atoms with Gasteiger partial charge in [0.25, 0.3) is 5.91 Å². The van der Waals surface area contributed by atoms with Gasteiger partial charge in [-0.3, -0.25) is 9.59 Å². The third kappa shape index (κ3) is 3.54. The first-order valence-corrected chi connectivity index (χ1v) is 8.59. The number of halogens is 1. The van der Waals surface area contributed by atoms with Crippen molar-refractivity contribution < 1.29 is 14.7 Å². The van der Waals surface area contributed by atoms with Crippen LogP contribution >= 0.6 is 11.6 Å². The lowest BCUT2D eigenvalue weighted by molar-refractivity contribution is -0.141. The van der Waals surface area contributed by atoms with E-state index in [2.05, 4.69) is 0 Å². The van der Waals surface area contributed by atoms with Gasteiger partial charge in [-0.1, -0.05) is 29.8 Å². The summed E-state index contributed by atoms with van der Waals surface area (Å²) in [4.78, 5) is 26.2. The van der Waals surface area contributed by atoms with E-state index in [0.717, 1.165) is 16.7 Å². The van der Waals surface area contributed by atoms with Crippen molar-refractivity contribution in [1.29, 1.82) is 0 Å². The van der Waals surface area contributed by atoms with Gasteiger partial charge in [0.05, 0.1) is 5.92 Å². The fourth-order valence-electron chi connectivity index (χ4n) is 3.32. The molecule has 2 aromatic carbocycles. The van der Waals surface area contributed by atoms with Crippen LogP contribution in [0.1, 0.15) is 33.0 Å². The summed E-state index contributed by atoms with van der Waals surface area (Å²) in [6.45, 7) is 4.57. The molecule has 1 N–H and O–H groups in total. The second kappa shape index (κ2) is 6.89. The molecule has 1 aliphatic heterocycles. The summed E-state index contributed by atoms with van der Waals surface area (Å²) in [6.07, 6.45) is 0. The predicted molar refractivity (Wildman–Crippen MR) is 97.1 cm³/mol. The highest BCUT2D eigenvalue weighted by Crippen LogP contribution is 2.34. The summed E-state index contributed by atoms with van der Waals surface area (Å²) in [7, 11) is 0. The molecule has 1 saturated heterocycles. The molecule has 0 aromatic heterocycles. The van der Waals surface area contributed by atoms with Crippen molar-refractivity contribution in [2.75, 3.05) is 13.1 Å². The molecule has 1 amide bonds. The molecule has 5 heteroatoms. The molecule has 0 spiro atoms. The Balaban J connectivity index is 1.86. The molecule has 2 aromatic rings. The average Bonchev–Trinajstić information content (AvgIpc) is 3.03. The van der Waals surface area contributed by atoms with Crippen LogP contribution in [-0.2, 0) is 4.79 Å². The van der Waals surface area contributed by atoms with Crippen LogP contribution < -0.4 is 0 Å². The van der Waals surface area contributed by atoms with Gasteiger partial charge in [-0.25, -0.2) is 0 Å². The molecular weight excluding hydrogens is 338 g/mol. The largest absolute Gasteiger partial charge is 0.481 e. The molecule has 4 nitrogen and oxygen atoms in total. The normalized spacial score (nSPS) is 19.9. The first-order valence-electron chi connectivity index (χ1n) is 8.21. The number of carboxylic acid groups (broad SMARTS) is 1. The van der Waals surface area contributed by atoms with Crippen LogP contribution in [0.2, 0.25) is 5.02 Å². The molecule has 0 aliphatic carbocycles. The van der Waals surface area contributed by atoms with Crippen molar-refractivity contribution >= 4 is 23.5 Å². The van der Waals surface area contributed by atoms with E-state index in [1.807, 2.05) is 38.1 Å². The topological polar surface area (TPSA) is 57.6 Å². The van der Waals surface area contributed by atoms with Crippen LogP contribution in [0.3, 0.4) is 0 Å². The summed E-state index contributed by atoms with van der Waals surface area (Å²) in [6, 6.07) is 12.8. The number of aryl methyl sites for hydroxylation is 2. The van der Waals surface area contributed by atoms with E-state index in [9.17, 15) is 14.7 Å². The summed E-state index contributed by atoms with van der Waals surface area (Å²) >= 11 is 5.92. The summed E-state index contributed by atoms with van der Waals surface area (Å²) < 4.78 is 0. The van der Waals surface area contributed by atoms with Gasteiger partial charge in [-0.05, 0) is 54.8 Å². The Labute approximate surface area is 152 Å². The summed E-state index contributed by atoms with van der Waals surface area (Å²) in [5.74, 6) is -1.84. The van der Waals surface area contributed by atoms with E-state index in [0.29, 0.717) is 17.1 Å². The predicted octanol–water partition coefficient (Wildman–Crippen LogP) is 3.90. The number of hydrogen-bond donors (Lipinski definition) is 1. The van der Waals surface area contributed by atoms with E-state index in [4.69, 9.17) is 11.6 Å². The number of rotatable bonds is 3. The number of benzene rings is 2. The maximum absolute atomic E-state index is 12.8. The zero-order chi connectivity index (χ0) is 18.1. The van der Waals surface area contributed by atoms with Gasteiger partial charge < -0.3 is 10.0 Å². The minimum absolute atomic E-state index is 0.120. The SMILES string of the molecule is Cc1ccc(C(=O)N2C[C@@H](C(=O)O)[C@H](c3ccc(Cl)cc3)C2)cc1C. The first-order chi connectivity index (χ1) is 11.9. The number of hydrogen-bond acceptors (Lipinski definition) is 2. The molecular formula is C20H20ClNO3. The zero-order valence-corrected chi connectivity index (χ0v) is 15.0. The third-order valence-corrected chi connectivity index (χ3v) is 5.23. The van der Waals surface area contributed by atoms with Crippen molar-refractivity contribution in [1.82, 2.24) is 4.90 Å².